The van der Waals surface area contributed by atoms with Crippen LogP contribution in [0.15, 0.2) is 28.7 Å². The summed E-state index contributed by atoms with van der Waals surface area (Å²) in [7, 11) is 1.67. The third kappa shape index (κ3) is 2.92. The van der Waals surface area contributed by atoms with Crippen molar-refractivity contribution >= 4 is 11.0 Å². The van der Waals surface area contributed by atoms with Crippen LogP contribution in [0, 0.1) is 0 Å². The maximum Gasteiger partial charge on any atom is 0.176 e. The Morgan fingerprint density at radius 1 is 1.26 bits per heavy atom. The number of furan rings is 1. The Bertz CT molecular complexity index is 529. The Morgan fingerprint density at radius 2 is 2.00 bits per heavy atom. The SMILES string of the molecule is CCC(CC)NC(C)c1cc2cccc(OC)c2o1. The molecule has 0 radical (unpaired) electrons. The van der Waals surface area contributed by atoms with Crippen LogP contribution in [0.5, 0.6) is 5.75 Å². The van der Waals surface area contributed by atoms with Crippen LogP contribution in [-0.2, 0) is 0 Å². The van der Waals surface area contributed by atoms with Crippen molar-refractivity contribution in [2.45, 2.75) is 45.7 Å². The molecule has 1 heterocycles. The number of para-hydroxylation sites is 1. The van der Waals surface area contributed by atoms with E-state index in [-0.39, 0.29) is 6.04 Å². The normalized spacial score (nSPS) is 13.1. The first kappa shape index (κ1) is 13.9. The number of rotatable bonds is 6. The van der Waals surface area contributed by atoms with Gasteiger partial charge in [-0.15, -0.1) is 0 Å². The van der Waals surface area contributed by atoms with Gasteiger partial charge < -0.3 is 14.5 Å². The van der Waals surface area contributed by atoms with Crippen molar-refractivity contribution in [3.05, 3.63) is 30.0 Å². The average molecular weight is 261 g/mol. The highest BCUT2D eigenvalue weighted by Crippen LogP contribution is 2.31. The number of benzene rings is 1. The zero-order chi connectivity index (χ0) is 13.8. The minimum absolute atomic E-state index is 0.210. The van der Waals surface area contributed by atoms with Crippen LogP contribution in [-0.4, -0.2) is 13.2 Å². The summed E-state index contributed by atoms with van der Waals surface area (Å²) >= 11 is 0. The van der Waals surface area contributed by atoms with E-state index < -0.39 is 0 Å². The first-order valence-corrected chi connectivity index (χ1v) is 7.02. The van der Waals surface area contributed by atoms with Gasteiger partial charge in [-0.1, -0.05) is 26.0 Å². The summed E-state index contributed by atoms with van der Waals surface area (Å²) in [6, 6.07) is 8.80. The highest BCUT2D eigenvalue weighted by atomic mass is 16.5. The van der Waals surface area contributed by atoms with Gasteiger partial charge in [0.2, 0.25) is 0 Å². The van der Waals surface area contributed by atoms with E-state index in [1.54, 1.807) is 7.11 Å². The van der Waals surface area contributed by atoms with E-state index in [4.69, 9.17) is 9.15 Å². The predicted octanol–water partition coefficient (Wildman–Crippen LogP) is 4.28. The highest BCUT2D eigenvalue weighted by Gasteiger charge is 2.16. The van der Waals surface area contributed by atoms with E-state index in [1.807, 2.05) is 12.1 Å². The molecule has 1 aromatic carbocycles. The van der Waals surface area contributed by atoms with Crippen LogP contribution in [0.2, 0.25) is 0 Å². The molecule has 0 fully saturated rings. The molecule has 2 aromatic rings. The lowest BCUT2D eigenvalue weighted by atomic mass is 10.1. The Morgan fingerprint density at radius 3 is 2.63 bits per heavy atom. The largest absolute Gasteiger partial charge is 0.493 e. The molecule has 3 nitrogen and oxygen atoms in total. The molecular formula is C16H23NO2. The van der Waals surface area contributed by atoms with Crippen molar-refractivity contribution in [2.24, 2.45) is 0 Å². The predicted molar refractivity (Wildman–Crippen MR) is 78.7 cm³/mol. The summed E-state index contributed by atoms with van der Waals surface area (Å²) in [5.74, 6) is 1.75. The number of fused-ring (bicyclic) bond motifs is 1. The smallest absolute Gasteiger partial charge is 0.176 e. The molecule has 2 rings (SSSR count). The molecule has 104 valence electrons. The number of ether oxygens (including phenoxy) is 1. The zero-order valence-corrected chi connectivity index (χ0v) is 12.2. The maximum atomic E-state index is 5.95. The molecule has 0 aliphatic rings. The second-order valence-electron chi connectivity index (χ2n) is 4.93. The van der Waals surface area contributed by atoms with Crippen molar-refractivity contribution in [2.75, 3.05) is 7.11 Å². The summed E-state index contributed by atoms with van der Waals surface area (Å²) in [6.45, 7) is 6.55. The Kier molecular flexibility index (Phi) is 4.48. The molecule has 19 heavy (non-hydrogen) atoms. The molecule has 1 N–H and O–H groups in total. The lowest BCUT2D eigenvalue weighted by Crippen LogP contribution is -2.30. The van der Waals surface area contributed by atoms with Crippen LogP contribution in [0.1, 0.15) is 45.4 Å². The van der Waals surface area contributed by atoms with E-state index in [1.165, 1.54) is 0 Å². The quantitative estimate of drug-likeness (QED) is 0.842. The highest BCUT2D eigenvalue weighted by molar-refractivity contribution is 5.83. The van der Waals surface area contributed by atoms with Crippen LogP contribution in [0.25, 0.3) is 11.0 Å². The average Bonchev–Trinajstić information content (AvgIpc) is 2.88. The second kappa shape index (κ2) is 6.11. The topological polar surface area (TPSA) is 34.4 Å². The number of methoxy groups -OCH3 is 1. The molecule has 0 aliphatic carbocycles. The fourth-order valence-electron chi connectivity index (χ4n) is 2.39. The van der Waals surface area contributed by atoms with Gasteiger partial charge in [-0.3, -0.25) is 0 Å². The first-order valence-electron chi connectivity index (χ1n) is 7.02. The standard InChI is InChI=1S/C16H23NO2/c1-5-13(6-2)17-11(3)15-10-12-8-7-9-14(18-4)16(12)19-15/h7-11,13,17H,5-6H2,1-4H3. The molecule has 1 unspecified atom stereocenters. The van der Waals surface area contributed by atoms with Gasteiger partial charge in [0.25, 0.3) is 0 Å². The van der Waals surface area contributed by atoms with Gasteiger partial charge in [-0.2, -0.15) is 0 Å². The Labute approximate surface area is 114 Å². The van der Waals surface area contributed by atoms with Crippen molar-refractivity contribution in [1.82, 2.24) is 5.32 Å². The number of hydrogen-bond acceptors (Lipinski definition) is 3. The van der Waals surface area contributed by atoms with Gasteiger partial charge in [-0.25, -0.2) is 0 Å². The van der Waals surface area contributed by atoms with E-state index in [0.29, 0.717) is 6.04 Å². The summed E-state index contributed by atoms with van der Waals surface area (Å²) in [6.07, 6.45) is 2.26. The maximum absolute atomic E-state index is 5.95. The Balaban J connectivity index is 2.25. The van der Waals surface area contributed by atoms with Gasteiger partial charge in [0.05, 0.1) is 13.2 Å². The van der Waals surface area contributed by atoms with Crippen molar-refractivity contribution < 1.29 is 9.15 Å². The van der Waals surface area contributed by atoms with Crippen molar-refractivity contribution in [1.29, 1.82) is 0 Å². The van der Waals surface area contributed by atoms with Gasteiger partial charge >= 0.3 is 0 Å². The third-order valence-electron chi connectivity index (χ3n) is 3.65. The van der Waals surface area contributed by atoms with E-state index in [2.05, 4.69) is 38.2 Å². The first-order chi connectivity index (χ1) is 9.19. The summed E-state index contributed by atoms with van der Waals surface area (Å²) < 4.78 is 11.3. The fourth-order valence-corrected chi connectivity index (χ4v) is 2.39. The monoisotopic (exact) mass is 261 g/mol. The minimum Gasteiger partial charge on any atom is -0.493 e. The molecule has 0 aliphatic heterocycles. The molecule has 3 heteroatoms. The number of nitrogens with one attached hydrogen (secondary N) is 1. The number of hydrogen-bond donors (Lipinski definition) is 1. The van der Waals surface area contributed by atoms with Gasteiger partial charge in [0.15, 0.2) is 11.3 Å². The lowest BCUT2D eigenvalue weighted by Gasteiger charge is -2.19. The van der Waals surface area contributed by atoms with E-state index >= 15 is 0 Å². The molecule has 0 bridgehead atoms. The summed E-state index contributed by atoms with van der Waals surface area (Å²) in [4.78, 5) is 0. The van der Waals surface area contributed by atoms with E-state index in [0.717, 1.165) is 35.3 Å². The van der Waals surface area contributed by atoms with Gasteiger partial charge in [0.1, 0.15) is 5.76 Å². The Hall–Kier alpha value is -1.48. The minimum atomic E-state index is 0.210. The van der Waals surface area contributed by atoms with Crippen molar-refractivity contribution in [3.8, 4) is 5.75 Å². The molecule has 0 amide bonds. The third-order valence-corrected chi connectivity index (χ3v) is 3.65. The van der Waals surface area contributed by atoms with Gasteiger partial charge in [0, 0.05) is 11.4 Å². The molecular weight excluding hydrogens is 238 g/mol. The van der Waals surface area contributed by atoms with Crippen LogP contribution in [0.4, 0.5) is 0 Å². The molecule has 1 aromatic heterocycles. The molecule has 0 saturated heterocycles. The molecule has 1 atom stereocenters. The second-order valence-corrected chi connectivity index (χ2v) is 4.93. The fraction of sp³-hybridized carbons (Fsp3) is 0.500. The lowest BCUT2D eigenvalue weighted by molar-refractivity contribution is 0.375. The summed E-state index contributed by atoms with van der Waals surface area (Å²) in [5, 5.41) is 4.69. The zero-order valence-electron chi connectivity index (χ0n) is 12.2. The van der Waals surface area contributed by atoms with Crippen LogP contribution in [0.3, 0.4) is 0 Å². The van der Waals surface area contributed by atoms with Crippen molar-refractivity contribution in [3.63, 3.8) is 0 Å². The molecule has 0 spiro atoms. The van der Waals surface area contributed by atoms with Crippen LogP contribution >= 0.6 is 0 Å². The molecule has 0 saturated carbocycles. The summed E-state index contributed by atoms with van der Waals surface area (Å²) in [5.41, 5.74) is 0.832. The van der Waals surface area contributed by atoms with Crippen LogP contribution < -0.4 is 10.1 Å². The van der Waals surface area contributed by atoms with Gasteiger partial charge in [-0.05, 0) is 31.9 Å². The van der Waals surface area contributed by atoms with E-state index in [9.17, 15) is 0 Å².